The van der Waals surface area contributed by atoms with E-state index in [0.29, 0.717) is 18.8 Å². The van der Waals surface area contributed by atoms with Crippen molar-refractivity contribution in [3.8, 4) is 29.4 Å². The number of aliphatic hydroxyl groups excluding tert-OH is 2. The number of carbonyl (C=O) groups is 2. The summed E-state index contributed by atoms with van der Waals surface area (Å²) in [7, 11) is 1.83. The second-order valence-corrected chi connectivity index (χ2v) is 9.71. The SMILES string of the molecule is CNCCNc1ccc2c(c1)C(=O)c1c(O)cc3c(c1C2=O)N[C@H]1C#C/C=C\C#C[C@@H](O)[C@@]32O[C@@]12[C@@H](C)O. The number of carbonyl (C=O) groups excluding carboxylic acids is 2. The van der Waals surface area contributed by atoms with Crippen molar-refractivity contribution in [2.45, 2.75) is 36.4 Å². The molecule has 4 aliphatic rings. The molecule has 0 aromatic heterocycles. The Balaban J connectivity index is 1.55. The van der Waals surface area contributed by atoms with E-state index in [-0.39, 0.29) is 33.5 Å². The van der Waals surface area contributed by atoms with Gasteiger partial charge in [-0.1, -0.05) is 23.7 Å². The number of hydrogen-bond donors (Lipinski definition) is 6. The molecule has 9 nitrogen and oxygen atoms in total. The van der Waals surface area contributed by atoms with E-state index in [0.717, 1.165) is 0 Å². The van der Waals surface area contributed by atoms with Gasteiger partial charge in [-0.3, -0.25) is 9.59 Å². The molecule has 1 saturated heterocycles. The van der Waals surface area contributed by atoms with Gasteiger partial charge in [-0.05, 0) is 50.4 Å². The van der Waals surface area contributed by atoms with Crippen LogP contribution in [0.4, 0.5) is 11.4 Å². The van der Waals surface area contributed by atoms with Crippen LogP contribution in [-0.2, 0) is 10.3 Å². The molecule has 192 valence electrons. The average molecular weight is 512 g/mol. The highest BCUT2D eigenvalue weighted by atomic mass is 16.7. The molecule has 1 fully saturated rings. The lowest BCUT2D eigenvalue weighted by Crippen LogP contribution is -2.54. The molecule has 2 aromatic rings. The van der Waals surface area contributed by atoms with Gasteiger partial charge in [-0.15, -0.1) is 0 Å². The molecule has 2 bridgehead atoms. The summed E-state index contributed by atoms with van der Waals surface area (Å²) in [6.07, 6.45) is 0.483. The largest absolute Gasteiger partial charge is 0.507 e. The van der Waals surface area contributed by atoms with Crippen molar-refractivity contribution in [2.75, 3.05) is 30.8 Å². The number of phenolic OH excluding ortho intramolecular Hbond substituents is 1. The first-order chi connectivity index (χ1) is 18.3. The number of likely N-dealkylation sites (N-methyl/N-ethyl adjacent to an activating group) is 1. The predicted molar refractivity (Wildman–Crippen MR) is 139 cm³/mol. The molecule has 0 spiro atoms. The van der Waals surface area contributed by atoms with Gasteiger partial charge in [0.1, 0.15) is 11.8 Å². The number of anilines is 2. The smallest absolute Gasteiger partial charge is 0.198 e. The molecule has 38 heavy (non-hydrogen) atoms. The van der Waals surface area contributed by atoms with E-state index in [1.54, 1.807) is 18.2 Å². The highest BCUT2D eigenvalue weighted by Gasteiger charge is 2.82. The molecule has 9 heteroatoms. The Morgan fingerprint density at radius 2 is 1.82 bits per heavy atom. The fourth-order valence-corrected chi connectivity index (χ4v) is 5.88. The number of ether oxygens (including phenoxy) is 1. The summed E-state index contributed by atoms with van der Waals surface area (Å²) >= 11 is 0. The van der Waals surface area contributed by atoms with E-state index in [1.165, 1.54) is 25.1 Å². The summed E-state index contributed by atoms with van der Waals surface area (Å²) in [5.41, 5.74) is -1.65. The summed E-state index contributed by atoms with van der Waals surface area (Å²) in [5.74, 6) is 9.91. The zero-order valence-corrected chi connectivity index (χ0v) is 20.7. The number of ketones is 2. The van der Waals surface area contributed by atoms with Crippen molar-refractivity contribution in [1.82, 2.24) is 5.32 Å². The maximum absolute atomic E-state index is 13.9. The van der Waals surface area contributed by atoms with Crippen LogP contribution >= 0.6 is 0 Å². The Morgan fingerprint density at radius 3 is 2.55 bits per heavy atom. The zero-order chi connectivity index (χ0) is 26.8. The zero-order valence-electron chi connectivity index (χ0n) is 20.7. The van der Waals surface area contributed by atoms with Crippen LogP contribution in [-0.4, -0.2) is 70.9 Å². The van der Waals surface area contributed by atoms with Crippen molar-refractivity contribution < 1.29 is 29.6 Å². The summed E-state index contributed by atoms with van der Waals surface area (Å²) in [6, 6.07) is 5.38. The van der Waals surface area contributed by atoms with Crippen molar-refractivity contribution in [3.63, 3.8) is 0 Å². The molecule has 2 aromatic carbocycles. The number of phenols is 1. The van der Waals surface area contributed by atoms with Gasteiger partial charge in [0.2, 0.25) is 0 Å². The number of epoxide rings is 1. The lowest BCUT2D eigenvalue weighted by molar-refractivity contribution is 0.0867. The minimum Gasteiger partial charge on any atom is -0.507 e. The number of aromatic hydroxyl groups is 1. The van der Waals surface area contributed by atoms with Crippen molar-refractivity contribution >= 4 is 22.9 Å². The van der Waals surface area contributed by atoms with Crippen molar-refractivity contribution in [2.24, 2.45) is 0 Å². The molecule has 0 unspecified atom stereocenters. The van der Waals surface area contributed by atoms with E-state index in [2.05, 4.69) is 39.6 Å². The van der Waals surface area contributed by atoms with Crippen molar-refractivity contribution in [3.05, 3.63) is 64.2 Å². The normalized spacial score (nSPS) is 28.9. The standard InChI is InChI=1S/C29H25N3O6/c1-15(33)28-21-7-5-3-4-6-8-22(35)29(28,38-28)19-14-20(34)23-24(25(19)32-21)26(36)17-10-9-16(31-12-11-30-2)13-18(17)27(23)37/h3-4,9-10,13-15,21-22,30-35H,11-12H2,1-2H3/b4-3-/t15-,21+,22-,28+,29+/m1/s1. The van der Waals surface area contributed by atoms with Crippen LogP contribution < -0.4 is 16.0 Å². The number of rotatable bonds is 5. The molecular formula is C29H25N3O6. The topological polar surface area (TPSA) is 143 Å². The number of aliphatic hydroxyl groups is 2. The fourth-order valence-electron chi connectivity index (χ4n) is 5.88. The third-order valence-electron chi connectivity index (χ3n) is 7.66. The molecule has 0 radical (unpaired) electrons. The molecular weight excluding hydrogens is 486 g/mol. The van der Waals surface area contributed by atoms with E-state index in [9.17, 15) is 24.9 Å². The third kappa shape index (κ3) is 3.05. The molecule has 2 aliphatic heterocycles. The number of nitrogens with one attached hydrogen (secondary N) is 3. The third-order valence-corrected chi connectivity index (χ3v) is 7.66. The van der Waals surface area contributed by atoms with E-state index >= 15 is 0 Å². The molecule has 0 saturated carbocycles. The number of hydrogen-bond acceptors (Lipinski definition) is 9. The predicted octanol–water partition coefficient (Wildman–Crippen LogP) is 0.876. The van der Waals surface area contributed by atoms with Gasteiger partial charge < -0.3 is 36.0 Å². The van der Waals surface area contributed by atoms with Gasteiger partial charge in [0.15, 0.2) is 28.9 Å². The summed E-state index contributed by atoms with van der Waals surface area (Å²) in [4.78, 5) is 27.6. The molecule has 2 heterocycles. The Morgan fingerprint density at radius 1 is 1.08 bits per heavy atom. The van der Waals surface area contributed by atoms with Crippen molar-refractivity contribution in [1.29, 1.82) is 0 Å². The van der Waals surface area contributed by atoms with E-state index in [4.69, 9.17) is 4.74 Å². The second-order valence-electron chi connectivity index (χ2n) is 9.71. The van der Waals surface area contributed by atoms with Gasteiger partial charge >= 0.3 is 0 Å². The lowest BCUT2D eigenvalue weighted by Gasteiger charge is -2.37. The average Bonchev–Trinajstić information content (AvgIpc) is 3.63. The summed E-state index contributed by atoms with van der Waals surface area (Å²) in [5, 5.41) is 42.6. The first-order valence-corrected chi connectivity index (χ1v) is 12.3. The quantitative estimate of drug-likeness (QED) is 0.127. The van der Waals surface area contributed by atoms with Gasteiger partial charge in [-0.25, -0.2) is 0 Å². The Labute approximate surface area is 218 Å². The van der Waals surface area contributed by atoms with Gasteiger partial charge in [0, 0.05) is 35.5 Å². The minimum absolute atomic E-state index is 0.0259. The minimum atomic E-state index is -1.59. The summed E-state index contributed by atoms with van der Waals surface area (Å²) in [6.45, 7) is 2.85. The van der Waals surface area contributed by atoms with Crippen LogP contribution in [0.2, 0.25) is 0 Å². The van der Waals surface area contributed by atoms with Crippen LogP contribution in [0.15, 0.2) is 36.4 Å². The maximum Gasteiger partial charge on any atom is 0.198 e. The van der Waals surface area contributed by atoms with Gasteiger partial charge in [0.05, 0.1) is 22.9 Å². The van der Waals surface area contributed by atoms with Gasteiger partial charge in [0.25, 0.3) is 0 Å². The van der Waals surface area contributed by atoms with Crippen LogP contribution in [0.25, 0.3) is 0 Å². The lowest BCUT2D eigenvalue weighted by atomic mass is 9.69. The number of benzene rings is 2. The highest BCUT2D eigenvalue weighted by molar-refractivity contribution is 6.31. The number of allylic oxidation sites excluding steroid dienone is 2. The number of fused-ring (bicyclic) bond motifs is 4. The first kappa shape index (κ1) is 24.2. The van der Waals surface area contributed by atoms with Crippen LogP contribution in [0.3, 0.4) is 0 Å². The van der Waals surface area contributed by atoms with Crippen LogP contribution in [0.5, 0.6) is 5.75 Å². The molecule has 6 N–H and O–H groups in total. The molecule has 0 amide bonds. The van der Waals surface area contributed by atoms with Crippen LogP contribution in [0.1, 0.15) is 44.3 Å². The molecule has 2 aliphatic carbocycles. The van der Waals surface area contributed by atoms with E-state index < -0.39 is 46.8 Å². The van der Waals surface area contributed by atoms with Crippen LogP contribution in [0, 0.1) is 23.7 Å². The summed E-state index contributed by atoms with van der Waals surface area (Å²) < 4.78 is 6.17. The Hall–Kier alpha value is -4.12. The monoisotopic (exact) mass is 511 g/mol. The Bertz CT molecular complexity index is 1570. The first-order valence-electron chi connectivity index (χ1n) is 12.3. The molecule has 5 atom stereocenters. The Kier molecular flexibility index (Phi) is 5.39. The second kappa shape index (κ2) is 8.45. The van der Waals surface area contributed by atoms with E-state index in [1.807, 2.05) is 7.05 Å². The molecule has 6 rings (SSSR count). The highest BCUT2D eigenvalue weighted by Crippen LogP contribution is 2.67. The fraction of sp³-hybridized carbons (Fsp3) is 0.310. The maximum atomic E-state index is 13.9. The van der Waals surface area contributed by atoms with Gasteiger partial charge in [-0.2, -0.15) is 0 Å².